The second-order valence-corrected chi connectivity index (χ2v) is 5.42. The summed E-state index contributed by atoms with van der Waals surface area (Å²) in [7, 11) is 0. The summed E-state index contributed by atoms with van der Waals surface area (Å²) in [6.07, 6.45) is 5.38. The van der Waals surface area contributed by atoms with Gasteiger partial charge < -0.3 is 5.32 Å². The number of nitrogens with one attached hydrogen (secondary N) is 1. The van der Waals surface area contributed by atoms with Gasteiger partial charge in [-0.3, -0.25) is 4.98 Å². The molecule has 0 bridgehead atoms. The Morgan fingerprint density at radius 1 is 1.28 bits per heavy atom. The highest BCUT2D eigenvalue weighted by Gasteiger charge is 2.09. The summed E-state index contributed by atoms with van der Waals surface area (Å²) in [4.78, 5) is 5.51. The average Bonchev–Trinajstić information content (AvgIpc) is 2.90. The fraction of sp³-hybridized carbons (Fsp3) is 0.400. The van der Waals surface area contributed by atoms with Gasteiger partial charge in [0.25, 0.3) is 0 Å². The van der Waals surface area contributed by atoms with Crippen LogP contribution in [-0.4, -0.2) is 17.6 Å². The lowest BCUT2D eigenvalue weighted by Gasteiger charge is -2.16. The van der Waals surface area contributed by atoms with E-state index < -0.39 is 0 Å². The average molecular weight is 260 g/mol. The van der Waals surface area contributed by atoms with Gasteiger partial charge in [0, 0.05) is 17.1 Å². The van der Waals surface area contributed by atoms with Gasteiger partial charge >= 0.3 is 0 Å². The zero-order chi connectivity index (χ0) is 12.6. The van der Waals surface area contributed by atoms with Gasteiger partial charge in [0.05, 0.1) is 5.51 Å². The van der Waals surface area contributed by atoms with E-state index in [1.807, 2.05) is 11.7 Å². The SMILES string of the molecule is CCNC(CCc1ccccc1)Cc1cncs1. The lowest BCUT2D eigenvalue weighted by Crippen LogP contribution is -2.31. The molecular weight excluding hydrogens is 240 g/mol. The summed E-state index contributed by atoms with van der Waals surface area (Å²) in [6, 6.07) is 11.3. The molecule has 1 aromatic carbocycles. The molecule has 1 aromatic heterocycles. The molecule has 0 saturated carbocycles. The van der Waals surface area contributed by atoms with E-state index in [2.05, 4.69) is 47.6 Å². The molecule has 2 rings (SSSR count). The van der Waals surface area contributed by atoms with E-state index in [9.17, 15) is 0 Å². The van der Waals surface area contributed by atoms with Crippen LogP contribution in [0.5, 0.6) is 0 Å². The minimum Gasteiger partial charge on any atom is -0.314 e. The van der Waals surface area contributed by atoms with Crippen LogP contribution >= 0.6 is 11.3 Å². The summed E-state index contributed by atoms with van der Waals surface area (Å²) < 4.78 is 0. The molecule has 0 radical (unpaired) electrons. The van der Waals surface area contributed by atoms with Gasteiger partial charge in [0.2, 0.25) is 0 Å². The molecule has 3 heteroatoms. The third-order valence-corrected chi connectivity index (χ3v) is 3.85. The molecule has 1 atom stereocenters. The molecule has 1 N–H and O–H groups in total. The second kappa shape index (κ2) is 7.29. The zero-order valence-electron chi connectivity index (χ0n) is 10.8. The molecule has 18 heavy (non-hydrogen) atoms. The van der Waals surface area contributed by atoms with Crippen LogP contribution in [0, 0.1) is 0 Å². The maximum absolute atomic E-state index is 4.14. The molecule has 2 aromatic rings. The fourth-order valence-electron chi connectivity index (χ4n) is 2.14. The number of thiazole rings is 1. The standard InChI is InChI=1S/C15H20N2S/c1-2-17-14(10-15-11-16-12-18-15)9-8-13-6-4-3-5-7-13/h3-7,11-12,14,17H,2,8-10H2,1H3. The first-order chi connectivity index (χ1) is 8.88. The largest absolute Gasteiger partial charge is 0.314 e. The Morgan fingerprint density at radius 3 is 2.78 bits per heavy atom. The topological polar surface area (TPSA) is 24.9 Å². The third kappa shape index (κ3) is 4.24. The van der Waals surface area contributed by atoms with Gasteiger partial charge in [0.15, 0.2) is 0 Å². The highest BCUT2D eigenvalue weighted by atomic mass is 32.1. The minimum atomic E-state index is 0.552. The highest BCUT2D eigenvalue weighted by Crippen LogP contribution is 2.13. The lowest BCUT2D eigenvalue weighted by molar-refractivity contribution is 0.493. The molecule has 0 aliphatic rings. The van der Waals surface area contributed by atoms with E-state index in [0.29, 0.717) is 6.04 Å². The molecule has 0 spiro atoms. The van der Waals surface area contributed by atoms with Gasteiger partial charge in [-0.1, -0.05) is 37.3 Å². The number of rotatable bonds is 7. The van der Waals surface area contributed by atoms with Crippen LogP contribution in [0.4, 0.5) is 0 Å². The Morgan fingerprint density at radius 2 is 2.11 bits per heavy atom. The molecule has 2 nitrogen and oxygen atoms in total. The van der Waals surface area contributed by atoms with Crippen molar-refractivity contribution < 1.29 is 0 Å². The van der Waals surface area contributed by atoms with Crippen molar-refractivity contribution in [2.24, 2.45) is 0 Å². The van der Waals surface area contributed by atoms with E-state index in [1.165, 1.54) is 16.9 Å². The van der Waals surface area contributed by atoms with E-state index in [-0.39, 0.29) is 0 Å². The van der Waals surface area contributed by atoms with Crippen LogP contribution in [0.3, 0.4) is 0 Å². The smallest absolute Gasteiger partial charge is 0.0794 e. The van der Waals surface area contributed by atoms with Gasteiger partial charge in [-0.05, 0) is 31.4 Å². The van der Waals surface area contributed by atoms with Crippen molar-refractivity contribution >= 4 is 11.3 Å². The highest BCUT2D eigenvalue weighted by molar-refractivity contribution is 7.09. The van der Waals surface area contributed by atoms with Gasteiger partial charge in [0.1, 0.15) is 0 Å². The summed E-state index contributed by atoms with van der Waals surface area (Å²) in [5.74, 6) is 0. The van der Waals surface area contributed by atoms with Crippen molar-refractivity contribution in [3.63, 3.8) is 0 Å². The second-order valence-electron chi connectivity index (χ2n) is 4.45. The number of nitrogens with zero attached hydrogens (tertiary/aromatic N) is 1. The molecule has 0 amide bonds. The number of aryl methyl sites for hydroxylation is 1. The van der Waals surface area contributed by atoms with Crippen LogP contribution < -0.4 is 5.32 Å². The Balaban J connectivity index is 1.86. The minimum absolute atomic E-state index is 0.552. The summed E-state index contributed by atoms with van der Waals surface area (Å²) in [5.41, 5.74) is 3.33. The first-order valence-corrected chi connectivity index (χ1v) is 7.41. The Labute approximate surface area is 113 Å². The van der Waals surface area contributed by atoms with Crippen LogP contribution in [0.25, 0.3) is 0 Å². The molecule has 1 heterocycles. The van der Waals surface area contributed by atoms with Crippen molar-refractivity contribution in [3.05, 3.63) is 52.5 Å². The van der Waals surface area contributed by atoms with Crippen molar-refractivity contribution in [2.75, 3.05) is 6.54 Å². The number of hydrogen-bond donors (Lipinski definition) is 1. The predicted molar refractivity (Wildman–Crippen MR) is 78.0 cm³/mol. The van der Waals surface area contributed by atoms with Crippen molar-refractivity contribution in [3.8, 4) is 0 Å². The lowest BCUT2D eigenvalue weighted by atomic mass is 10.0. The van der Waals surface area contributed by atoms with E-state index in [0.717, 1.165) is 19.4 Å². The van der Waals surface area contributed by atoms with Crippen molar-refractivity contribution in [1.29, 1.82) is 0 Å². The first-order valence-electron chi connectivity index (χ1n) is 6.53. The third-order valence-electron chi connectivity index (χ3n) is 3.05. The van der Waals surface area contributed by atoms with Crippen molar-refractivity contribution in [2.45, 2.75) is 32.2 Å². The number of hydrogen-bond acceptors (Lipinski definition) is 3. The number of aromatic nitrogens is 1. The van der Waals surface area contributed by atoms with Crippen LogP contribution in [0.1, 0.15) is 23.8 Å². The molecule has 0 saturated heterocycles. The molecule has 96 valence electrons. The van der Waals surface area contributed by atoms with E-state index in [1.54, 1.807) is 11.3 Å². The van der Waals surface area contributed by atoms with Crippen molar-refractivity contribution in [1.82, 2.24) is 10.3 Å². The monoisotopic (exact) mass is 260 g/mol. The van der Waals surface area contributed by atoms with Gasteiger partial charge in [-0.25, -0.2) is 0 Å². The molecule has 0 aliphatic heterocycles. The van der Waals surface area contributed by atoms with Gasteiger partial charge in [-0.15, -0.1) is 11.3 Å². The molecule has 1 unspecified atom stereocenters. The Kier molecular flexibility index (Phi) is 5.36. The van der Waals surface area contributed by atoms with Crippen LogP contribution in [0.2, 0.25) is 0 Å². The summed E-state index contributed by atoms with van der Waals surface area (Å²) in [6.45, 7) is 3.19. The maximum Gasteiger partial charge on any atom is 0.0794 e. The molecule has 0 aliphatic carbocycles. The first kappa shape index (κ1) is 13.2. The normalized spacial score (nSPS) is 12.5. The van der Waals surface area contributed by atoms with E-state index in [4.69, 9.17) is 0 Å². The fourth-order valence-corrected chi connectivity index (χ4v) is 2.81. The summed E-state index contributed by atoms with van der Waals surface area (Å²) >= 11 is 1.75. The molecule has 0 fully saturated rings. The maximum atomic E-state index is 4.14. The van der Waals surface area contributed by atoms with Crippen LogP contribution in [-0.2, 0) is 12.8 Å². The summed E-state index contributed by atoms with van der Waals surface area (Å²) in [5, 5.41) is 3.57. The number of benzene rings is 1. The number of likely N-dealkylation sites (N-methyl/N-ethyl adjacent to an activating group) is 1. The quantitative estimate of drug-likeness (QED) is 0.826. The van der Waals surface area contributed by atoms with Gasteiger partial charge in [-0.2, -0.15) is 0 Å². The zero-order valence-corrected chi connectivity index (χ0v) is 11.6. The Hall–Kier alpha value is -1.19. The van der Waals surface area contributed by atoms with Crippen LogP contribution in [0.15, 0.2) is 42.0 Å². The van der Waals surface area contributed by atoms with E-state index >= 15 is 0 Å². The molecular formula is C15H20N2S. The Bertz CT molecular complexity index is 425. The predicted octanol–water partition coefficient (Wildman–Crippen LogP) is 3.30.